The molecule has 1 rings (SSSR count). The van der Waals surface area contributed by atoms with Crippen molar-refractivity contribution in [3.05, 3.63) is 29.8 Å². The molecule has 0 spiro atoms. The monoisotopic (exact) mass is 234 g/mol. The maximum absolute atomic E-state index is 2.41. The quantitative estimate of drug-likeness (QED) is 0.642. The molecule has 0 atom stereocenters. The van der Waals surface area contributed by atoms with Crippen LogP contribution in [0.4, 0.5) is 0 Å². The first kappa shape index (κ1) is 13.5. The normalized spacial score (nSPS) is 11.8. The SMILES string of the molecule is CCCc1ccc([Si](CC)(CC)CC)cc1. The third kappa shape index (κ3) is 2.76. The maximum Gasteiger partial charge on any atom is 0.0859 e. The third-order valence-corrected chi connectivity index (χ3v) is 9.75. The highest BCUT2D eigenvalue weighted by Crippen LogP contribution is 2.20. The largest absolute Gasteiger partial charge is 0.0859 e. The Morgan fingerprint density at radius 2 is 1.31 bits per heavy atom. The van der Waals surface area contributed by atoms with E-state index in [1.165, 1.54) is 36.5 Å². The fourth-order valence-electron chi connectivity index (χ4n) is 2.68. The first-order valence-electron chi connectivity index (χ1n) is 6.81. The van der Waals surface area contributed by atoms with E-state index in [4.69, 9.17) is 0 Å². The van der Waals surface area contributed by atoms with E-state index in [0.29, 0.717) is 0 Å². The molecule has 1 aromatic carbocycles. The molecule has 0 aliphatic rings. The van der Waals surface area contributed by atoms with Gasteiger partial charge in [-0.15, -0.1) is 0 Å². The summed E-state index contributed by atoms with van der Waals surface area (Å²) in [4.78, 5) is 0. The Labute approximate surface area is 102 Å². The van der Waals surface area contributed by atoms with Crippen molar-refractivity contribution < 1.29 is 0 Å². The molecule has 0 saturated carbocycles. The zero-order valence-electron chi connectivity index (χ0n) is 11.3. The number of aryl methyl sites for hydroxylation is 1. The molecule has 0 aliphatic carbocycles. The molecule has 16 heavy (non-hydrogen) atoms. The van der Waals surface area contributed by atoms with Crippen LogP contribution in [0.3, 0.4) is 0 Å². The van der Waals surface area contributed by atoms with Crippen LogP contribution in [-0.4, -0.2) is 8.07 Å². The summed E-state index contributed by atoms with van der Waals surface area (Å²) in [6.07, 6.45) is 2.47. The molecule has 0 aliphatic heterocycles. The Balaban J connectivity index is 2.94. The van der Waals surface area contributed by atoms with Crippen molar-refractivity contribution in [2.75, 3.05) is 0 Å². The fourth-order valence-corrected chi connectivity index (χ4v) is 6.27. The number of hydrogen-bond acceptors (Lipinski definition) is 0. The standard InChI is InChI=1S/C15H26Si/c1-5-9-14-10-12-15(13-11-14)16(6-2,7-3)8-4/h10-13H,5-9H2,1-4H3. The second-order valence-electron chi connectivity index (χ2n) is 4.79. The molecule has 0 aromatic heterocycles. The van der Waals surface area contributed by atoms with Crippen LogP contribution in [0.15, 0.2) is 24.3 Å². The van der Waals surface area contributed by atoms with Crippen molar-refractivity contribution in [3.8, 4) is 0 Å². The van der Waals surface area contributed by atoms with Crippen molar-refractivity contribution in [1.82, 2.24) is 0 Å². The molecule has 0 unspecified atom stereocenters. The lowest BCUT2D eigenvalue weighted by Gasteiger charge is -2.28. The molecule has 0 radical (unpaired) electrons. The second kappa shape index (κ2) is 6.24. The summed E-state index contributed by atoms with van der Waals surface area (Å²) in [5.41, 5.74) is 1.50. The van der Waals surface area contributed by atoms with Crippen molar-refractivity contribution >= 4 is 13.3 Å². The zero-order chi connectivity index (χ0) is 12.0. The Morgan fingerprint density at radius 1 is 0.812 bits per heavy atom. The first-order chi connectivity index (χ1) is 7.72. The van der Waals surface area contributed by atoms with E-state index in [-0.39, 0.29) is 0 Å². The predicted octanol–water partition coefficient (Wildman–Crippen LogP) is 4.35. The van der Waals surface area contributed by atoms with Crippen LogP contribution < -0.4 is 5.19 Å². The van der Waals surface area contributed by atoms with Crippen LogP contribution in [0.2, 0.25) is 18.1 Å². The predicted molar refractivity (Wildman–Crippen MR) is 77.3 cm³/mol. The van der Waals surface area contributed by atoms with Crippen LogP contribution in [-0.2, 0) is 6.42 Å². The minimum absolute atomic E-state index is 1.14. The number of hydrogen-bond donors (Lipinski definition) is 0. The van der Waals surface area contributed by atoms with Gasteiger partial charge in [-0.05, 0) is 12.0 Å². The molecular formula is C15H26Si. The molecule has 0 amide bonds. The molecule has 0 saturated heterocycles. The lowest BCUT2D eigenvalue weighted by atomic mass is 10.1. The first-order valence-corrected chi connectivity index (χ1v) is 9.44. The van der Waals surface area contributed by atoms with E-state index in [9.17, 15) is 0 Å². The van der Waals surface area contributed by atoms with Gasteiger partial charge in [-0.2, -0.15) is 0 Å². The van der Waals surface area contributed by atoms with Crippen molar-refractivity contribution in [2.24, 2.45) is 0 Å². The Bertz CT molecular complexity index is 287. The van der Waals surface area contributed by atoms with Gasteiger partial charge in [0.15, 0.2) is 0 Å². The van der Waals surface area contributed by atoms with Gasteiger partial charge in [0.2, 0.25) is 0 Å². The molecule has 0 N–H and O–H groups in total. The van der Waals surface area contributed by atoms with E-state index in [1.807, 2.05) is 0 Å². The third-order valence-electron chi connectivity index (χ3n) is 4.14. The highest BCUT2D eigenvalue weighted by molar-refractivity contribution is 6.91. The summed E-state index contributed by atoms with van der Waals surface area (Å²) in [6.45, 7) is 9.37. The zero-order valence-corrected chi connectivity index (χ0v) is 12.3. The molecule has 0 fully saturated rings. The molecule has 0 nitrogen and oxygen atoms in total. The highest BCUT2D eigenvalue weighted by Gasteiger charge is 2.28. The maximum atomic E-state index is 2.41. The summed E-state index contributed by atoms with van der Waals surface area (Å²) in [5, 5.41) is 1.67. The van der Waals surface area contributed by atoms with Gasteiger partial charge in [0.1, 0.15) is 0 Å². The highest BCUT2D eigenvalue weighted by atomic mass is 28.3. The van der Waals surface area contributed by atoms with Crippen LogP contribution in [0.25, 0.3) is 0 Å². The second-order valence-corrected chi connectivity index (χ2v) is 10.0. The summed E-state index contributed by atoms with van der Waals surface area (Å²) in [5.74, 6) is 0. The minimum Gasteiger partial charge on any atom is -0.0675 e. The van der Waals surface area contributed by atoms with Gasteiger partial charge in [-0.3, -0.25) is 0 Å². The lowest BCUT2D eigenvalue weighted by Crippen LogP contribution is -2.45. The Morgan fingerprint density at radius 3 is 1.69 bits per heavy atom. The van der Waals surface area contributed by atoms with Crippen molar-refractivity contribution in [3.63, 3.8) is 0 Å². The van der Waals surface area contributed by atoms with Gasteiger partial charge in [0.05, 0.1) is 8.07 Å². The summed E-state index contributed by atoms with van der Waals surface area (Å²) in [6, 6.07) is 13.7. The molecule has 1 aromatic rings. The van der Waals surface area contributed by atoms with E-state index in [0.717, 1.165) is 0 Å². The minimum atomic E-state index is -1.14. The molecule has 1 heteroatoms. The summed E-state index contributed by atoms with van der Waals surface area (Å²) < 4.78 is 0. The topological polar surface area (TPSA) is 0 Å². The number of rotatable bonds is 6. The van der Waals surface area contributed by atoms with Crippen molar-refractivity contribution in [2.45, 2.75) is 58.7 Å². The van der Waals surface area contributed by atoms with Gasteiger partial charge in [-0.1, -0.05) is 81.7 Å². The average molecular weight is 234 g/mol. The number of benzene rings is 1. The van der Waals surface area contributed by atoms with E-state index < -0.39 is 8.07 Å². The summed E-state index contributed by atoms with van der Waals surface area (Å²) in [7, 11) is -1.14. The van der Waals surface area contributed by atoms with Crippen LogP contribution >= 0.6 is 0 Å². The van der Waals surface area contributed by atoms with Gasteiger partial charge < -0.3 is 0 Å². The van der Waals surface area contributed by atoms with Crippen molar-refractivity contribution in [1.29, 1.82) is 0 Å². The smallest absolute Gasteiger partial charge is 0.0675 e. The lowest BCUT2D eigenvalue weighted by molar-refractivity contribution is 0.922. The van der Waals surface area contributed by atoms with Crippen LogP contribution in [0.5, 0.6) is 0 Å². The van der Waals surface area contributed by atoms with E-state index in [2.05, 4.69) is 52.0 Å². The average Bonchev–Trinajstić information content (AvgIpc) is 2.34. The summed E-state index contributed by atoms with van der Waals surface area (Å²) >= 11 is 0. The molecular weight excluding hydrogens is 208 g/mol. The van der Waals surface area contributed by atoms with Gasteiger partial charge in [0.25, 0.3) is 0 Å². The molecule has 90 valence electrons. The van der Waals surface area contributed by atoms with Gasteiger partial charge in [0, 0.05) is 0 Å². The van der Waals surface area contributed by atoms with E-state index >= 15 is 0 Å². The molecule has 0 bridgehead atoms. The van der Waals surface area contributed by atoms with Crippen LogP contribution in [0, 0.1) is 0 Å². The fraction of sp³-hybridized carbons (Fsp3) is 0.600. The van der Waals surface area contributed by atoms with E-state index in [1.54, 1.807) is 5.19 Å². The van der Waals surface area contributed by atoms with Gasteiger partial charge in [-0.25, -0.2) is 0 Å². The van der Waals surface area contributed by atoms with Gasteiger partial charge >= 0.3 is 0 Å². The van der Waals surface area contributed by atoms with Crippen LogP contribution in [0.1, 0.15) is 39.7 Å². The Hall–Kier alpha value is -0.563. The Kier molecular flexibility index (Phi) is 5.27. The molecule has 0 heterocycles.